The van der Waals surface area contributed by atoms with Gasteiger partial charge >= 0.3 is 17.9 Å². The summed E-state index contributed by atoms with van der Waals surface area (Å²) in [5.74, 6) is -3.04. The number of thioether (sulfide) groups is 1. The minimum absolute atomic E-state index is 0.00438. The van der Waals surface area contributed by atoms with Crippen molar-refractivity contribution >= 4 is 46.4 Å². The van der Waals surface area contributed by atoms with Gasteiger partial charge in [-0.3, -0.25) is 28.9 Å². The van der Waals surface area contributed by atoms with Crippen LogP contribution in [-0.2, 0) is 33.5 Å². The lowest BCUT2D eigenvalue weighted by molar-refractivity contribution is -0.170. The number of morpholine rings is 1. The van der Waals surface area contributed by atoms with Crippen molar-refractivity contribution in [3.05, 3.63) is 0 Å². The average Bonchev–Trinajstić information content (AvgIpc) is 3.32. The summed E-state index contributed by atoms with van der Waals surface area (Å²) in [7, 11) is 0. The van der Waals surface area contributed by atoms with E-state index in [4.69, 9.17) is 25.2 Å². The van der Waals surface area contributed by atoms with Gasteiger partial charge in [0.15, 0.2) is 5.60 Å². The van der Waals surface area contributed by atoms with Crippen molar-refractivity contribution in [2.24, 2.45) is 40.4 Å². The van der Waals surface area contributed by atoms with E-state index in [0.29, 0.717) is 49.7 Å². The lowest BCUT2D eigenvalue weighted by Crippen LogP contribution is -2.58. The second kappa shape index (κ2) is 15.0. The third kappa shape index (κ3) is 8.26. The molecule has 0 spiro atoms. The third-order valence-electron chi connectivity index (χ3n) is 11.8. The maximum absolute atomic E-state index is 13.7. The number of carboxylic acid groups (broad SMARTS) is 3. The van der Waals surface area contributed by atoms with Crippen molar-refractivity contribution in [2.45, 2.75) is 89.8 Å². The zero-order valence-corrected chi connectivity index (χ0v) is 28.0. The Kier molecular flexibility index (Phi) is 12.0. The fourth-order valence-electron chi connectivity index (χ4n) is 9.53. The van der Waals surface area contributed by atoms with Gasteiger partial charge in [0.25, 0.3) is 0 Å². The second-order valence-corrected chi connectivity index (χ2v) is 15.8. The zero-order valence-electron chi connectivity index (χ0n) is 27.2. The molecule has 5 fully saturated rings. The fourth-order valence-corrected chi connectivity index (χ4v) is 10.3. The number of aliphatic hydroxyl groups is 2. The van der Waals surface area contributed by atoms with E-state index in [0.717, 1.165) is 69.8 Å². The lowest BCUT2D eigenvalue weighted by Gasteiger charge is -2.59. The number of aliphatic carboxylic acids is 3. The number of rotatable bonds is 10. The van der Waals surface area contributed by atoms with Crippen LogP contribution in [0.25, 0.3) is 0 Å². The molecule has 0 unspecified atom stereocenters. The monoisotopic (exact) mass is 683 g/mol. The normalized spacial score (nSPS) is 35.4. The molecule has 5 rings (SSSR count). The minimum Gasteiger partial charge on any atom is -0.481 e. The number of carboxylic acids is 3. The molecule has 1 heterocycles. The van der Waals surface area contributed by atoms with Crippen LogP contribution in [0, 0.1) is 40.4 Å². The molecule has 13 nitrogen and oxygen atoms in total. The van der Waals surface area contributed by atoms with E-state index in [1.165, 1.54) is 0 Å². The first-order chi connectivity index (χ1) is 22.0. The number of aliphatic hydroxyl groups excluding tert-OH is 1. The molecule has 0 aromatic carbocycles. The van der Waals surface area contributed by atoms with Gasteiger partial charge < -0.3 is 30.3 Å². The van der Waals surface area contributed by atoms with Gasteiger partial charge in [0.1, 0.15) is 11.6 Å². The van der Waals surface area contributed by atoms with Crippen LogP contribution >= 0.6 is 11.8 Å². The molecule has 5 N–H and O–H groups in total. The molecule has 0 aromatic heterocycles. The molecule has 14 heteroatoms. The Morgan fingerprint density at radius 2 is 1.57 bits per heavy atom. The Hall–Kier alpha value is -2.39. The number of carbonyl (C=O) groups is 6. The summed E-state index contributed by atoms with van der Waals surface area (Å²) in [5.41, 5.74) is -3.00. The van der Waals surface area contributed by atoms with Gasteiger partial charge in [-0.2, -0.15) is 0 Å². The number of ketones is 2. The molecular weight excluding hydrogens is 634 g/mol. The van der Waals surface area contributed by atoms with E-state index >= 15 is 0 Å². The van der Waals surface area contributed by atoms with Crippen molar-refractivity contribution in [3.8, 4) is 0 Å². The highest BCUT2D eigenvalue weighted by Crippen LogP contribution is 2.66. The lowest BCUT2D eigenvalue weighted by atomic mass is 9.44. The Morgan fingerprint density at radius 1 is 0.936 bits per heavy atom. The van der Waals surface area contributed by atoms with Crippen LogP contribution in [0.15, 0.2) is 0 Å². The number of carbonyl (C=O) groups excluding carboxylic acids is 3. The van der Waals surface area contributed by atoms with Crippen molar-refractivity contribution in [2.75, 3.05) is 38.6 Å². The van der Waals surface area contributed by atoms with Gasteiger partial charge in [0.05, 0.1) is 44.5 Å². The first-order valence-corrected chi connectivity index (χ1v) is 17.6. The Balaban J connectivity index is 0.000000328. The summed E-state index contributed by atoms with van der Waals surface area (Å²) in [6.45, 7) is 7.75. The molecule has 8 atom stereocenters. The SMILES string of the molecule is C[C@]12CC[C@@H](O)C[C@@H]1CC[C@H]1[C@@H]3CC[C@H](C(=O)CSC(=O)CN4CCOCC4)[C@@]3(C)CC(=O)[C@@H]12.O=C(O)CC(O)(CC(=O)O)C(=O)O. The molecule has 0 radical (unpaired) electrons. The quantitative estimate of drug-likeness (QED) is 0.223. The molecule has 1 aliphatic heterocycles. The van der Waals surface area contributed by atoms with E-state index in [1.54, 1.807) is 0 Å². The molecule has 1 saturated heterocycles. The van der Waals surface area contributed by atoms with Crippen molar-refractivity contribution in [3.63, 3.8) is 0 Å². The van der Waals surface area contributed by atoms with Crippen LogP contribution in [-0.4, -0.2) is 115 Å². The van der Waals surface area contributed by atoms with Gasteiger partial charge in [-0.15, -0.1) is 0 Å². The maximum Gasteiger partial charge on any atom is 0.336 e. The highest BCUT2D eigenvalue weighted by molar-refractivity contribution is 8.14. The van der Waals surface area contributed by atoms with Gasteiger partial charge in [-0.25, -0.2) is 4.79 Å². The van der Waals surface area contributed by atoms with Crippen LogP contribution in [0.5, 0.6) is 0 Å². The van der Waals surface area contributed by atoms with E-state index in [9.17, 15) is 33.9 Å². The summed E-state index contributed by atoms with van der Waals surface area (Å²) in [4.78, 5) is 72.1. The Bertz CT molecular complexity index is 1220. The van der Waals surface area contributed by atoms with Gasteiger partial charge in [0.2, 0.25) is 5.12 Å². The number of Topliss-reactive ketones (excluding diaryl/α,β-unsaturated/α-hetero) is 2. The van der Waals surface area contributed by atoms with Gasteiger partial charge in [-0.1, -0.05) is 25.6 Å². The van der Waals surface area contributed by atoms with E-state index in [2.05, 4.69) is 18.7 Å². The summed E-state index contributed by atoms with van der Waals surface area (Å²) >= 11 is 1.16. The molecule has 0 bridgehead atoms. The van der Waals surface area contributed by atoms with Crippen molar-refractivity contribution < 1.29 is 59.0 Å². The van der Waals surface area contributed by atoms with Gasteiger partial charge in [0, 0.05) is 31.3 Å². The first kappa shape index (κ1) is 37.4. The number of fused-ring (bicyclic) bond motifs is 5. The molecule has 264 valence electrons. The maximum atomic E-state index is 13.7. The van der Waals surface area contributed by atoms with Crippen molar-refractivity contribution in [1.82, 2.24) is 4.90 Å². The molecule has 5 aliphatic rings. The molecule has 4 aliphatic carbocycles. The van der Waals surface area contributed by atoms with Crippen molar-refractivity contribution in [1.29, 1.82) is 0 Å². The largest absolute Gasteiger partial charge is 0.481 e. The molecule has 0 aromatic rings. The standard InChI is InChI=1S/C27H41NO5S.C6H8O7/c1-26-8-7-18(29)13-17(26)3-4-19-20-5-6-21(27(20,2)14-22(30)25(19)26)23(31)16-34-24(32)15-28-9-11-33-12-10-28;7-3(8)1-6(13,5(11)12)2-4(9)10/h17-21,25,29H,3-16H2,1-2H3;13H,1-2H2,(H,7,8)(H,9,10)(H,11,12)/t17-,18+,19-,20-,21+,25+,26-,27-;/m0./s1. The van der Waals surface area contributed by atoms with Crippen LogP contribution in [0.3, 0.4) is 0 Å². The number of nitrogens with zero attached hydrogens (tertiary/aromatic N) is 1. The van der Waals surface area contributed by atoms with E-state index in [-0.39, 0.29) is 45.4 Å². The van der Waals surface area contributed by atoms with Crippen LogP contribution in [0.2, 0.25) is 0 Å². The summed E-state index contributed by atoms with van der Waals surface area (Å²) in [6.07, 6.45) is 4.63. The van der Waals surface area contributed by atoms with E-state index in [1.807, 2.05) is 0 Å². The topological polar surface area (TPSA) is 216 Å². The molecular formula is C33H49NO12S. The predicted octanol–water partition coefficient (Wildman–Crippen LogP) is 2.10. The smallest absolute Gasteiger partial charge is 0.336 e. The third-order valence-corrected chi connectivity index (χ3v) is 12.7. The highest BCUT2D eigenvalue weighted by Gasteiger charge is 2.64. The zero-order chi connectivity index (χ0) is 34.7. The van der Waals surface area contributed by atoms with Crippen LogP contribution < -0.4 is 0 Å². The van der Waals surface area contributed by atoms with E-state index < -0.39 is 36.4 Å². The van der Waals surface area contributed by atoms with Crippen LogP contribution in [0.4, 0.5) is 0 Å². The number of hydrogen-bond donors (Lipinski definition) is 5. The van der Waals surface area contributed by atoms with Gasteiger partial charge in [-0.05, 0) is 73.5 Å². The molecule has 0 amide bonds. The number of ether oxygens (including phenoxy) is 1. The predicted molar refractivity (Wildman–Crippen MR) is 168 cm³/mol. The summed E-state index contributed by atoms with van der Waals surface area (Å²) < 4.78 is 5.34. The fraction of sp³-hybridized carbons (Fsp3) is 0.818. The minimum atomic E-state index is -2.74. The second-order valence-electron chi connectivity index (χ2n) is 14.7. The molecule has 4 saturated carbocycles. The average molecular weight is 684 g/mol. The highest BCUT2D eigenvalue weighted by atomic mass is 32.2. The summed E-state index contributed by atoms with van der Waals surface area (Å²) in [5, 5.41) is 44.1. The Morgan fingerprint density at radius 3 is 2.17 bits per heavy atom. The number of hydrogen-bond acceptors (Lipinski definition) is 11. The van der Waals surface area contributed by atoms with Crippen LogP contribution in [0.1, 0.15) is 78.1 Å². The first-order valence-electron chi connectivity index (χ1n) is 16.6. The molecule has 47 heavy (non-hydrogen) atoms. The Labute approximate surface area is 278 Å². The summed E-state index contributed by atoms with van der Waals surface area (Å²) in [6, 6.07) is 0.